The zero-order valence-corrected chi connectivity index (χ0v) is 39.9. The fourth-order valence-corrected chi connectivity index (χ4v) is 8.70. The second kappa shape index (κ2) is 22.5. The molecule has 2 aliphatic rings. The predicted molar refractivity (Wildman–Crippen MR) is 282 cm³/mol. The van der Waals surface area contributed by atoms with Crippen LogP contribution in [0.5, 0.6) is 0 Å². The number of H-pyrrole nitrogens is 2. The number of anilines is 12. The Labute approximate surface area is 412 Å². The molecule has 2 saturated carbocycles. The molecule has 0 bridgehead atoms. The number of hydrogen-bond donors (Lipinski definition) is 10. The van der Waals surface area contributed by atoms with Crippen molar-refractivity contribution in [1.82, 2.24) is 40.3 Å². The van der Waals surface area contributed by atoms with E-state index in [-0.39, 0.29) is 12.1 Å². The van der Waals surface area contributed by atoms with Gasteiger partial charge in [-0.2, -0.15) is 20.2 Å². The molecule has 18 heteroatoms. The van der Waals surface area contributed by atoms with Crippen molar-refractivity contribution in [3.05, 3.63) is 156 Å². The van der Waals surface area contributed by atoms with Gasteiger partial charge in [-0.3, -0.25) is 10.2 Å². The highest BCUT2D eigenvalue weighted by Crippen LogP contribution is 2.35. The molecule has 4 amide bonds. The van der Waals surface area contributed by atoms with Crippen molar-refractivity contribution in [2.45, 2.75) is 84.0 Å². The Morgan fingerprint density at radius 1 is 0.451 bits per heavy atom. The van der Waals surface area contributed by atoms with Gasteiger partial charge < -0.3 is 42.5 Å². The first-order valence-electron chi connectivity index (χ1n) is 24.0. The molecule has 4 aromatic carbocycles. The summed E-state index contributed by atoms with van der Waals surface area (Å²) in [6.07, 6.45) is 11.7. The van der Waals surface area contributed by atoms with Crippen molar-refractivity contribution >= 4 is 81.4 Å². The lowest BCUT2D eigenvalue weighted by atomic mass is 10.0. The van der Waals surface area contributed by atoms with Gasteiger partial charge in [-0.1, -0.05) is 49.9 Å². The van der Waals surface area contributed by atoms with Crippen LogP contribution in [0.3, 0.4) is 0 Å². The van der Waals surface area contributed by atoms with Gasteiger partial charge in [-0.05, 0) is 136 Å². The standard InChI is InChI=1S/C27H30N8O.C26H28N8O/c1-17-6-5-9-22(14-17)31-27(36)30-21-12-10-20(11-13-21)29-26-28-18(2)15-24(33-26)32-25-16-23(34-35-25)19-7-3-4-8-19;1-17-5-4-8-21(15-17)30-26(35)29-20-11-9-19(10-12-20)28-25-27-14-13-23(32-25)31-24-16-22(33-34-24)18-6-2-3-7-18/h5-6,9-16,19H,3-4,7-8H2,1-2H3,(H2,30,31,36)(H3,28,29,32,33,34,35);4-5,8-16,18H,2-3,6-7H2,1H3,(H2,29,30,35)(H3,27,28,31,32,33,34). The summed E-state index contributed by atoms with van der Waals surface area (Å²) in [6, 6.07) is 37.2. The molecule has 0 aliphatic heterocycles. The summed E-state index contributed by atoms with van der Waals surface area (Å²) in [6.45, 7) is 5.89. The Kier molecular flexibility index (Phi) is 15.0. The monoisotopic (exact) mass is 950 g/mol. The van der Waals surface area contributed by atoms with Crippen LogP contribution in [-0.4, -0.2) is 52.4 Å². The number of amides is 4. The third-order valence-electron chi connectivity index (χ3n) is 12.2. The third-order valence-corrected chi connectivity index (χ3v) is 12.2. The number of hydrogen-bond acceptors (Lipinski definition) is 12. The number of benzene rings is 4. The third kappa shape index (κ3) is 13.7. The van der Waals surface area contributed by atoms with Crippen molar-refractivity contribution in [1.29, 1.82) is 0 Å². The van der Waals surface area contributed by atoms with Gasteiger partial charge in [-0.25, -0.2) is 19.6 Å². The molecule has 10 rings (SSSR count). The van der Waals surface area contributed by atoms with Crippen LogP contribution in [0.1, 0.15) is 91.4 Å². The van der Waals surface area contributed by atoms with E-state index in [4.69, 9.17) is 0 Å². The molecule has 0 atom stereocenters. The number of rotatable bonds is 14. The molecule has 0 spiro atoms. The molecule has 71 heavy (non-hydrogen) atoms. The van der Waals surface area contributed by atoms with E-state index in [0.717, 1.165) is 51.2 Å². The molecule has 4 aromatic heterocycles. The first-order valence-corrected chi connectivity index (χ1v) is 24.0. The lowest BCUT2D eigenvalue weighted by Gasteiger charge is -2.11. The minimum Gasteiger partial charge on any atom is -0.324 e. The number of aromatic nitrogens is 8. The molecule has 2 fully saturated rings. The van der Waals surface area contributed by atoms with E-state index < -0.39 is 0 Å². The van der Waals surface area contributed by atoms with Crippen molar-refractivity contribution in [2.24, 2.45) is 0 Å². The maximum absolute atomic E-state index is 12.3. The van der Waals surface area contributed by atoms with Gasteiger partial charge in [-0.15, -0.1) is 0 Å². The molecular formula is C53H58N16O2. The van der Waals surface area contributed by atoms with Gasteiger partial charge >= 0.3 is 12.1 Å². The average Bonchev–Trinajstić information content (AvgIpc) is 4.21. The smallest absolute Gasteiger partial charge is 0.323 e. The van der Waals surface area contributed by atoms with Gasteiger partial charge in [0, 0.05) is 87.4 Å². The number of nitrogens with zero attached hydrogens (tertiary/aromatic N) is 6. The fraction of sp³-hybridized carbons (Fsp3) is 0.245. The second-order valence-electron chi connectivity index (χ2n) is 17.9. The highest BCUT2D eigenvalue weighted by molar-refractivity contribution is 6.00. The van der Waals surface area contributed by atoms with Gasteiger partial charge in [0.1, 0.15) is 11.6 Å². The maximum Gasteiger partial charge on any atom is 0.323 e. The number of urea groups is 2. The molecule has 4 heterocycles. The zero-order chi connectivity index (χ0) is 48.9. The SMILES string of the molecule is Cc1cccc(NC(=O)Nc2ccc(Nc3nc(C)cc(Nc4cc(C5CCCC5)[nH]n4)n3)cc2)c1.Cc1cccc(NC(=O)Nc2ccc(Nc3nccc(Nc4cc(C5CCCC5)[nH]n4)n3)cc2)c1. The van der Waals surface area contributed by atoms with E-state index in [0.29, 0.717) is 46.7 Å². The molecule has 10 N–H and O–H groups in total. The van der Waals surface area contributed by atoms with Crippen LogP contribution in [0.2, 0.25) is 0 Å². The summed E-state index contributed by atoms with van der Waals surface area (Å²) in [5, 5.41) is 39.4. The van der Waals surface area contributed by atoms with Crippen molar-refractivity contribution < 1.29 is 9.59 Å². The predicted octanol–water partition coefficient (Wildman–Crippen LogP) is 12.9. The van der Waals surface area contributed by atoms with Crippen molar-refractivity contribution in [3.8, 4) is 0 Å². The highest BCUT2D eigenvalue weighted by Gasteiger charge is 2.21. The lowest BCUT2D eigenvalue weighted by molar-refractivity contribution is 0.261. The molecular weight excluding hydrogens is 893 g/mol. The molecule has 0 radical (unpaired) electrons. The van der Waals surface area contributed by atoms with Gasteiger partial charge in [0.2, 0.25) is 11.9 Å². The molecule has 0 saturated heterocycles. The highest BCUT2D eigenvalue weighted by atomic mass is 16.2. The Hall–Kier alpha value is -8.80. The number of aryl methyl sites for hydroxylation is 3. The van der Waals surface area contributed by atoms with E-state index in [1.54, 1.807) is 12.3 Å². The van der Waals surface area contributed by atoms with Crippen molar-refractivity contribution in [2.75, 3.05) is 42.5 Å². The average molecular weight is 951 g/mol. The summed E-state index contributed by atoms with van der Waals surface area (Å²) < 4.78 is 0. The first kappa shape index (κ1) is 47.3. The number of carbonyl (C=O) groups is 2. The Balaban J connectivity index is 0.000000176. The van der Waals surface area contributed by atoms with Crippen LogP contribution in [-0.2, 0) is 0 Å². The van der Waals surface area contributed by atoms with Crippen LogP contribution < -0.4 is 42.5 Å². The van der Waals surface area contributed by atoms with E-state index >= 15 is 0 Å². The number of carbonyl (C=O) groups excluding carboxylic acids is 2. The minimum atomic E-state index is -0.298. The fourth-order valence-electron chi connectivity index (χ4n) is 8.70. The lowest BCUT2D eigenvalue weighted by Crippen LogP contribution is -2.19. The Bertz CT molecular complexity index is 3050. The van der Waals surface area contributed by atoms with E-state index in [2.05, 4.69) is 95.0 Å². The summed E-state index contributed by atoms with van der Waals surface area (Å²) >= 11 is 0. The second-order valence-corrected chi connectivity index (χ2v) is 17.9. The minimum absolute atomic E-state index is 0.298. The Morgan fingerprint density at radius 2 is 0.901 bits per heavy atom. The van der Waals surface area contributed by atoms with E-state index in [9.17, 15) is 9.59 Å². The zero-order valence-electron chi connectivity index (χ0n) is 39.9. The quantitative estimate of drug-likeness (QED) is 0.0490. The largest absolute Gasteiger partial charge is 0.324 e. The van der Waals surface area contributed by atoms with Crippen molar-refractivity contribution in [3.63, 3.8) is 0 Å². The van der Waals surface area contributed by atoms with Crippen LogP contribution in [0.15, 0.2) is 128 Å². The topological polar surface area (TPSA) is 239 Å². The number of nitrogens with one attached hydrogen (secondary N) is 10. The van der Waals surface area contributed by atoms with E-state index in [1.807, 2.05) is 124 Å². The van der Waals surface area contributed by atoms with Crippen LogP contribution in [0.25, 0.3) is 0 Å². The molecule has 18 nitrogen and oxygen atoms in total. The van der Waals surface area contributed by atoms with Crippen LogP contribution >= 0.6 is 0 Å². The molecule has 0 unspecified atom stereocenters. The summed E-state index contributed by atoms with van der Waals surface area (Å²) in [4.78, 5) is 42.5. The summed E-state index contributed by atoms with van der Waals surface area (Å²) in [5.41, 5.74) is 9.80. The number of aromatic amines is 2. The maximum atomic E-state index is 12.3. The first-order chi connectivity index (χ1) is 34.6. The van der Waals surface area contributed by atoms with Gasteiger partial charge in [0.15, 0.2) is 11.6 Å². The van der Waals surface area contributed by atoms with Crippen LogP contribution in [0, 0.1) is 20.8 Å². The molecule has 2 aliphatic carbocycles. The molecule has 362 valence electrons. The van der Waals surface area contributed by atoms with Gasteiger partial charge in [0.25, 0.3) is 0 Å². The van der Waals surface area contributed by atoms with Gasteiger partial charge in [0.05, 0.1) is 0 Å². The Morgan fingerprint density at radius 3 is 1.41 bits per heavy atom. The normalized spacial score (nSPS) is 13.4. The summed E-state index contributed by atoms with van der Waals surface area (Å²) in [7, 11) is 0. The van der Waals surface area contributed by atoms with E-state index in [1.165, 1.54) is 62.8 Å². The van der Waals surface area contributed by atoms with Crippen LogP contribution in [0.4, 0.5) is 78.9 Å². The molecule has 8 aromatic rings. The summed E-state index contributed by atoms with van der Waals surface area (Å²) in [5.74, 6) is 4.89.